The molecule has 2 unspecified atom stereocenters. The van der Waals surface area contributed by atoms with Gasteiger partial charge in [0.25, 0.3) is 0 Å². The van der Waals surface area contributed by atoms with Gasteiger partial charge in [0.05, 0.1) is 26.4 Å². The molecule has 0 aliphatic heterocycles. The molecule has 19 heteroatoms. The van der Waals surface area contributed by atoms with Crippen LogP contribution in [0.5, 0.6) is 0 Å². The van der Waals surface area contributed by atoms with E-state index in [1.54, 1.807) is 0 Å². The van der Waals surface area contributed by atoms with Gasteiger partial charge in [0.1, 0.15) is 19.3 Å². The molecule has 0 aromatic rings. The van der Waals surface area contributed by atoms with Crippen molar-refractivity contribution in [3.8, 4) is 0 Å². The first-order chi connectivity index (χ1) is 38.5. The number of hydrogen-bond donors (Lipinski definition) is 3. The molecule has 0 fully saturated rings. The second kappa shape index (κ2) is 55.0. The van der Waals surface area contributed by atoms with Crippen LogP contribution < -0.4 is 0 Å². The van der Waals surface area contributed by atoms with Crippen molar-refractivity contribution in [1.29, 1.82) is 0 Å². The predicted molar refractivity (Wildman–Crippen MR) is 317 cm³/mol. The fourth-order valence-corrected chi connectivity index (χ4v) is 10.6. The number of aliphatic hydroxyl groups excluding tert-OH is 1. The average molecular weight is 1190 g/mol. The molecule has 0 saturated heterocycles. The number of ether oxygens (including phenoxy) is 4. The standard InChI is InChI=1S/C61H118O17P2/c1-6-9-12-15-16-17-18-19-20-21-22-23-24-25-28-32-37-42-47-61(66)78-57(51-72-59(64)45-40-36-31-29-26-27-30-35-38-43-54(4)5)53-76-80(69,70)74-49-55(62)48-73-79(67,68)75-52-56(77-60(65)46-41-34-14-11-8-3)50-71-58(63)44-39-33-13-10-7-2/h54-57,62H,6-53H2,1-5H3,(H,67,68)(H,69,70)/t55-,56+,57+/m0/s1. The van der Waals surface area contributed by atoms with Crippen molar-refractivity contribution in [3.05, 3.63) is 0 Å². The number of phosphoric ester groups is 2. The maximum atomic E-state index is 13.0. The zero-order chi connectivity index (χ0) is 59.2. The Morgan fingerprint density at radius 2 is 0.575 bits per heavy atom. The summed E-state index contributed by atoms with van der Waals surface area (Å²) in [6.45, 7) is 6.97. The van der Waals surface area contributed by atoms with Gasteiger partial charge in [-0.05, 0) is 31.6 Å². The van der Waals surface area contributed by atoms with Crippen LogP contribution in [0.15, 0.2) is 0 Å². The summed E-state index contributed by atoms with van der Waals surface area (Å²) < 4.78 is 67.4. The van der Waals surface area contributed by atoms with Gasteiger partial charge in [-0.1, -0.05) is 253 Å². The highest BCUT2D eigenvalue weighted by Gasteiger charge is 2.30. The van der Waals surface area contributed by atoms with Gasteiger partial charge in [0.2, 0.25) is 0 Å². The molecule has 0 aliphatic rings. The molecule has 0 heterocycles. The van der Waals surface area contributed by atoms with E-state index in [4.69, 9.17) is 37.0 Å². The van der Waals surface area contributed by atoms with Crippen molar-refractivity contribution >= 4 is 39.5 Å². The smallest absolute Gasteiger partial charge is 0.462 e. The van der Waals surface area contributed by atoms with Crippen LogP contribution in [-0.4, -0.2) is 96.7 Å². The van der Waals surface area contributed by atoms with Gasteiger partial charge >= 0.3 is 39.5 Å². The number of unbranched alkanes of at least 4 members (excludes halogenated alkanes) is 33. The molecule has 474 valence electrons. The second-order valence-electron chi connectivity index (χ2n) is 22.6. The first-order valence-electron chi connectivity index (χ1n) is 32.1. The molecule has 0 spiro atoms. The molecular weight excluding hydrogens is 1070 g/mol. The van der Waals surface area contributed by atoms with Gasteiger partial charge in [0.15, 0.2) is 12.2 Å². The van der Waals surface area contributed by atoms with Crippen molar-refractivity contribution < 1.29 is 80.2 Å². The summed E-state index contributed by atoms with van der Waals surface area (Å²) in [6.07, 6.45) is 38.5. The van der Waals surface area contributed by atoms with E-state index in [0.717, 1.165) is 102 Å². The summed E-state index contributed by atoms with van der Waals surface area (Å²) in [5, 5.41) is 10.5. The highest BCUT2D eigenvalue weighted by molar-refractivity contribution is 7.47. The van der Waals surface area contributed by atoms with Crippen molar-refractivity contribution in [2.24, 2.45) is 5.92 Å². The van der Waals surface area contributed by atoms with E-state index in [1.165, 1.54) is 122 Å². The summed E-state index contributed by atoms with van der Waals surface area (Å²) in [5.41, 5.74) is 0. The molecule has 0 saturated carbocycles. The summed E-state index contributed by atoms with van der Waals surface area (Å²) in [7, 11) is -9.86. The summed E-state index contributed by atoms with van der Waals surface area (Å²) in [6, 6.07) is 0. The highest BCUT2D eigenvalue weighted by Crippen LogP contribution is 2.45. The third-order valence-corrected chi connectivity index (χ3v) is 15.9. The minimum Gasteiger partial charge on any atom is -0.462 e. The Kier molecular flexibility index (Phi) is 53.6. The van der Waals surface area contributed by atoms with Crippen LogP contribution in [0.2, 0.25) is 0 Å². The SMILES string of the molecule is CCCCCCCCCCCCCCCCCCCCC(=O)O[C@H](COC(=O)CCCCCCCCCCCC(C)C)COP(=O)(O)OC[C@@H](O)COP(=O)(O)OC[C@@H](COC(=O)CCCCCCC)OC(=O)CCCCCCC. The van der Waals surface area contributed by atoms with Gasteiger partial charge in [-0.2, -0.15) is 0 Å². The highest BCUT2D eigenvalue weighted by atomic mass is 31.2. The molecular formula is C61H118O17P2. The van der Waals surface area contributed by atoms with Crippen molar-refractivity contribution in [2.45, 2.75) is 323 Å². The van der Waals surface area contributed by atoms with E-state index < -0.39 is 97.5 Å². The Bertz CT molecular complexity index is 1570. The Balaban J connectivity index is 5.09. The van der Waals surface area contributed by atoms with Crippen LogP contribution in [0.4, 0.5) is 0 Å². The Morgan fingerprint density at radius 3 is 0.850 bits per heavy atom. The first-order valence-corrected chi connectivity index (χ1v) is 35.1. The third-order valence-electron chi connectivity index (χ3n) is 14.0. The van der Waals surface area contributed by atoms with E-state index in [9.17, 15) is 43.2 Å². The second-order valence-corrected chi connectivity index (χ2v) is 25.5. The third kappa shape index (κ3) is 55.3. The van der Waals surface area contributed by atoms with Crippen molar-refractivity contribution in [3.63, 3.8) is 0 Å². The number of carbonyl (C=O) groups excluding carboxylic acids is 4. The van der Waals surface area contributed by atoms with Crippen LogP contribution in [0.25, 0.3) is 0 Å². The van der Waals surface area contributed by atoms with Gasteiger partial charge in [0, 0.05) is 25.7 Å². The fourth-order valence-electron chi connectivity index (χ4n) is 9.05. The molecule has 0 aliphatic carbocycles. The zero-order valence-corrected chi connectivity index (χ0v) is 53.0. The lowest BCUT2D eigenvalue weighted by Gasteiger charge is -2.21. The predicted octanol–water partition coefficient (Wildman–Crippen LogP) is 16.6. The molecule has 3 N–H and O–H groups in total. The minimum absolute atomic E-state index is 0.0988. The number of rotatable bonds is 61. The topological polar surface area (TPSA) is 237 Å². The van der Waals surface area contributed by atoms with Gasteiger partial charge < -0.3 is 33.8 Å². The van der Waals surface area contributed by atoms with E-state index in [2.05, 4.69) is 34.6 Å². The normalized spacial score (nSPS) is 14.3. The Hall–Kier alpha value is -1.94. The van der Waals surface area contributed by atoms with E-state index in [-0.39, 0.29) is 25.7 Å². The van der Waals surface area contributed by atoms with Crippen LogP contribution in [0.3, 0.4) is 0 Å². The molecule has 17 nitrogen and oxygen atoms in total. The maximum Gasteiger partial charge on any atom is 0.472 e. The number of phosphoric acid groups is 2. The summed E-state index contributed by atoms with van der Waals surface area (Å²) in [5.74, 6) is -1.42. The number of esters is 4. The van der Waals surface area contributed by atoms with Crippen LogP contribution >= 0.6 is 15.6 Å². The van der Waals surface area contributed by atoms with Gasteiger partial charge in [-0.25, -0.2) is 9.13 Å². The molecule has 0 aromatic heterocycles. The molecule has 0 amide bonds. The van der Waals surface area contributed by atoms with Crippen LogP contribution in [-0.2, 0) is 65.4 Å². The quantitative estimate of drug-likeness (QED) is 0.0222. The van der Waals surface area contributed by atoms with E-state index in [1.807, 2.05) is 0 Å². The van der Waals surface area contributed by atoms with Crippen molar-refractivity contribution in [2.75, 3.05) is 39.6 Å². The van der Waals surface area contributed by atoms with Crippen LogP contribution in [0.1, 0.15) is 304 Å². The Morgan fingerprint density at radius 1 is 0.338 bits per heavy atom. The molecule has 0 bridgehead atoms. The molecule has 0 aromatic carbocycles. The van der Waals surface area contributed by atoms with Gasteiger partial charge in [-0.15, -0.1) is 0 Å². The lowest BCUT2D eigenvalue weighted by Crippen LogP contribution is -2.30. The number of aliphatic hydroxyl groups is 1. The molecule has 0 rings (SSSR count). The number of hydrogen-bond acceptors (Lipinski definition) is 15. The van der Waals surface area contributed by atoms with Crippen molar-refractivity contribution in [1.82, 2.24) is 0 Å². The largest absolute Gasteiger partial charge is 0.472 e. The molecule has 80 heavy (non-hydrogen) atoms. The fraction of sp³-hybridized carbons (Fsp3) is 0.934. The average Bonchev–Trinajstić information content (AvgIpc) is 3.42. The maximum absolute atomic E-state index is 13.0. The lowest BCUT2D eigenvalue weighted by molar-refractivity contribution is -0.161. The van der Waals surface area contributed by atoms with E-state index in [0.29, 0.717) is 25.7 Å². The summed E-state index contributed by atoms with van der Waals surface area (Å²) in [4.78, 5) is 71.5. The number of carbonyl (C=O) groups is 4. The van der Waals surface area contributed by atoms with E-state index >= 15 is 0 Å². The first kappa shape index (κ1) is 78.1. The Labute approximate surface area is 486 Å². The van der Waals surface area contributed by atoms with Crippen LogP contribution in [0, 0.1) is 5.92 Å². The molecule has 5 atom stereocenters. The minimum atomic E-state index is -4.94. The van der Waals surface area contributed by atoms with Gasteiger partial charge in [-0.3, -0.25) is 37.3 Å². The zero-order valence-electron chi connectivity index (χ0n) is 51.2. The molecule has 0 radical (unpaired) electrons. The monoisotopic (exact) mass is 1180 g/mol. The summed E-state index contributed by atoms with van der Waals surface area (Å²) >= 11 is 0. The lowest BCUT2D eigenvalue weighted by atomic mass is 10.0.